The van der Waals surface area contributed by atoms with Crippen molar-refractivity contribution >= 4 is 5.97 Å². The predicted molar refractivity (Wildman–Crippen MR) is 97.4 cm³/mol. The summed E-state index contributed by atoms with van der Waals surface area (Å²) >= 11 is 0. The lowest BCUT2D eigenvalue weighted by Gasteiger charge is -2.28. The molecule has 0 radical (unpaired) electrons. The molecule has 25 heavy (non-hydrogen) atoms. The van der Waals surface area contributed by atoms with Gasteiger partial charge in [0, 0.05) is 17.8 Å². The average molecular weight is 343 g/mol. The Hall–Kier alpha value is -1.84. The van der Waals surface area contributed by atoms with Crippen molar-refractivity contribution in [3.05, 3.63) is 40.4 Å². The summed E-state index contributed by atoms with van der Waals surface area (Å²) in [7, 11) is 0. The highest BCUT2D eigenvalue weighted by Gasteiger charge is 2.35. The van der Waals surface area contributed by atoms with Crippen LogP contribution < -0.4 is 0 Å². The molecule has 0 saturated heterocycles. The van der Waals surface area contributed by atoms with Crippen molar-refractivity contribution in [2.75, 3.05) is 0 Å². The number of aromatic nitrogens is 1. The fourth-order valence-electron chi connectivity index (χ4n) is 4.01. The van der Waals surface area contributed by atoms with Gasteiger partial charge < -0.3 is 9.84 Å². The minimum Gasteiger partial charge on any atom is -0.512 e. The Kier molecular flexibility index (Phi) is 5.77. The van der Waals surface area contributed by atoms with Crippen LogP contribution in [0.25, 0.3) is 0 Å². The molecule has 1 unspecified atom stereocenters. The van der Waals surface area contributed by atoms with Gasteiger partial charge in [-0.25, -0.2) is 4.79 Å². The largest absolute Gasteiger partial charge is 0.512 e. The van der Waals surface area contributed by atoms with E-state index in [1.54, 1.807) is 0 Å². The molecule has 4 heteroatoms. The van der Waals surface area contributed by atoms with Gasteiger partial charge in [-0.15, -0.1) is 0 Å². The number of cyclic esters (lactones) is 1. The Morgan fingerprint density at radius 2 is 1.76 bits per heavy atom. The maximum atomic E-state index is 12.4. The van der Waals surface area contributed by atoms with E-state index in [0.29, 0.717) is 24.3 Å². The van der Waals surface area contributed by atoms with Crippen LogP contribution in [0.3, 0.4) is 0 Å². The van der Waals surface area contributed by atoms with Crippen LogP contribution in [0.15, 0.2) is 23.5 Å². The molecule has 1 aliphatic heterocycles. The quantitative estimate of drug-likeness (QED) is 0.775. The lowest BCUT2D eigenvalue weighted by Crippen LogP contribution is -2.32. The first-order chi connectivity index (χ1) is 12.1. The number of hydrogen-bond acceptors (Lipinski definition) is 4. The van der Waals surface area contributed by atoms with E-state index >= 15 is 0 Å². The highest BCUT2D eigenvalue weighted by molar-refractivity contribution is 5.90. The lowest BCUT2D eigenvalue weighted by molar-refractivity contribution is -0.150. The topological polar surface area (TPSA) is 59.4 Å². The molecular formula is C21H29NO3. The van der Waals surface area contributed by atoms with Crippen LogP contribution in [-0.2, 0) is 28.8 Å². The number of pyridine rings is 1. The molecule has 4 nitrogen and oxygen atoms in total. The fraction of sp³-hybridized carbons (Fsp3) is 0.619. The summed E-state index contributed by atoms with van der Waals surface area (Å²) in [5.41, 5.74) is 3.80. The van der Waals surface area contributed by atoms with Gasteiger partial charge in [-0.05, 0) is 62.1 Å². The lowest BCUT2D eigenvalue weighted by atomic mass is 9.92. The highest BCUT2D eigenvalue weighted by Crippen LogP contribution is 2.35. The van der Waals surface area contributed by atoms with Crippen molar-refractivity contribution in [1.82, 2.24) is 4.98 Å². The molecule has 136 valence electrons. The van der Waals surface area contributed by atoms with Crippen LogP contribution in [0, 0.1) is 5.92 Å². The predicted octanol–water partition coefficient (Wildman–Crippen LogP) is 4.46. The fourth-order valence-corrected chi connectivity index (χ4v) is 4.01. The van der Waals surface area contributed by atoms with Crippen molar-refractivity contribution in [2.45, 2.75) is 77.7 Å². The molecule has 1 aliphatic carbocycles. The zero-order chi connectivity index (χ0) is 17.8. The van der Waals surface area contributed by atoms with E-state index in [9.17, 15) is 9.90 Å². The van der Waals surface area contributed by atoms with Crippen molar-refractivity contribution in [2.24, 2.45) is 5.92 Å². The first kappa shape index (κ1) is 18.0. The number of aliphatic hydroxyl groups is 1. The number of hydrogen-bond donors (Lipinski definition) is 1. The third-order valence-corrected chi connectivity index (χ3v) is 5.55. The molecule has 1 atom stereocenters. The third-order valence-electron chi connectivity index (χ3n) is 5.55. The van der Waals surface area contributed by atoms with Gasteiger partial charge in [-0.1, -0.05) is 26.7 Å². The van der Waals surface area contributed by atoms with Gasteiger partial charge in [0.1, 0.15) is 11.9 Å². The first-order valence-electron chi connectivity index (χ1n) is 9.71. The van der Waals surface area contributed by atoms with Gasteiger partial charge in [-0.3, -0.25) is 4.98 Å². The first-order valence-corrected chi connectivity index (χ1v) is 9.71. The van der Waals surface area contributed by atoms with Gasteiger partial charge in [0.2, 0.25) is 0 Å². The Bertz CT molecular complexity index is 637. The summed E-state index contributed by atoms with van der Waals surface area (Å²) in [6.07, 6.45) is 8.05. The number of ether oxygens (including phenoxy) is 1. The molecule has 0 amide bonds. The zero-order valence-corrected chi connectivity index (χ0v) is 15.4. The van der Waals surface area contributed by atoms with Crippen molar-refractivity contribution in [3.63, 3.8) is 0 Å². The normalized spacial score (nSPS) is 21.7. The number of carbonyl (C=O) groups excluding carboxylic acids is 1. The number of aryl methyl sites for hydroxylation is 3. The highest BCUT2D eigenvalue weighted by atomic mass is 16.5. The smallest absolute Gasteiger partial charge is 0.337 e. The van der Waals surface area contributed by atoms with Gasteiger partial charge in [0.25, 0.3) is 0 Å². The molecule has 0 aromatic carbocycles. The molecule has 2 heterocycles. The van der Waals surface area contributed by atoms with Crippen molar-refractivity contribution < 1.29 is 14.6 Å². The van der Waals surface area contributed by atoms with Gasteiger partial charge in [0.15, 0.2) is 0 Å². The van der Waals surface area contributed by atoms with E-state index in [1.807, 2.05) is 0 Å². The Morgan fingerprint density at radius 1 is 1.12 bits per heavy atom. The van der Waals surface area contributed by atoms with E-state index in [0.717, 1.165) is 43.5 Å². The molecule has 1 aromatic rings. The Labute approximate surface area is 150 Å². The van der Waals surface area contributed by atoms with Crippen LogP contribution in [0.1, 0.15) is 69.3 Å². The van der Waals surface area contributed by atoms with Crippen LogP contribution >= 0.6 is 0 Å². The molecule has 2 aliphatic rings. The van der Waals surface area contributed by atoms with Crippen LogP contribution in [0.2, 0.25) is 0 Å². The molecular weight excluding hydrogens is 314 g/mol. The molecule has 1 fully saturated rings. The summed E-state index contributed by atoms with van der Waals surface area (Å²) in [6.45, 7) is 4.20. The minimum atomic E-state index is -0.318. The summed E-state index contributed by atoms with van der Waals surface area (Å²) in [4.78, 5) is 17.0. The summed E-state index contributed by atoms with van der Waals surface area (Å²) in [5, 5.41) is 10.4. The maximum Gasteiger partial charge on any atom is 0.337 e. The second kappa shape index (κ2) is 8.03. The van der Waals surface area contributed by atoms with E-state index in [1.165, 1.54) is 18.4 Å². The monoisotopic (exact) mass is 343 g/mol. The summed E-state index contributed by atoms with van der Waals surface area (Å²) < 4.78 is 5.66. The number of nitrogens with zero attached hydrogens (tertiary/aromatic N) is 1. The van der Waals surface area contributed by atoms with Crippen LogP contribution in [0.4, 0.5) is 0 Å². The molecule has 0 bridgehead atoms. The van der Waals surface area contributed by atoms with E-state index in [4.69, 9.17) is 4.74 Å². The standard InChI is InChI=1S/C21H29NO3/c1-3-16-11-14(12-17(4-2)22-16)9-10-18-19(23)13-20(25-21(18)24)15-7-5-6-8-15/h11-12,15,20,23H,3-10,13H2,1-2H3. The second-order valence-corrected chi connectivity index (χ2v) is 7.28. The molecule has 0 spiro atoms. The number of rotatable bonds is 6. The summed E-state index contributed by atoms with van der Waals surface area (Å²) in [5.74, 6) is 0.349. The van der Waals surface area contributed by atoms with E-state index < -0.39 is 0 Å². The van der Waals surface area contributed by atoms with Crippen LogP contribution in [0.5, 0.6) is 0 Å². The van der Waals surface area contributed by atoms with E-state index in [-0.39, 0.29) is 17.8 Å². The number of aliphatic hydroxyl groups excluding tert-OH is 1. The molecule has 1 aromatic heterocycles. The second-order valence-electron chi connectivity index (χ2n) is 7.28. The van der Waals surface area contributed by atoms with Crippen molar-refractivity contribution in [1.29, 1.82) is 0 Å². The van der Waals surface area contributed by atoms with E-state index in [2.05, 4.69) is 31.0 Å². The number of carbonyl (C=O) groups is 1. The third kappa shape index (κ3) is 4.23. The Balaban J connectivity index is 1.68. The average Bonchev–Trinajstić information content (AvgIpc) is 3.15. The summed E-state index contributed by atoms with van der Waals surface area (Å²) in [6, 6.07) is 4.21. The molecule has 3 rings (SSSR count). The SMILES string of the molecule is CCc1cc(CCC2=C(O)CC(C3CCCC3)OC2=O)cc(CC)n1. The van der Waals surface area contributed by atoms with Crippen molar-refractivity contribution in [3.8, 4) is 0 Å². The minimum absolute atomic E-state index is 0.127. The Morgan fingerprint density at radius 3 is 2.32 bits per heavy atom. The van der Waals surface area contributed by atoms with Crippen LogP contribution in [-0.4, -0.2) is 22.2 Å². The van der Waals surface area contributed by atoms with Gasteiger partial charge in [-0.2, -0.15) is 0 Å². The maximum absolute atomic E-state index is 12.4. The zero-order valence-electron chi connectivity index (χ0n) is 15.4. The number of esters is 1. The van der Waals surface area contributed by atoms with Gasteiger partial charge >= 0.3 is 5.97 Å². The molecule has 1 N–H and O–H groups in total. The molecule has 1 saturated carbocycles. The van der Waals surface area contributed by atoms with Gasteiger partial charge in [0.05, 0.1) is 5.57 Å².